The van der Waals surface area contributed by atoms with Gasteiger partial charge < -0.3 is 4.90 Å². The molecule has 0 heterocycles. The molecule has 0 saturated heterocycles. The molecule has 3 heteroatoms. The van der Waals surface area contributed by atoms with Gasteiger partial charge in [-0.1, -0.05) is 64.5 Å². The number of ketones is 1. The van der Waals surface area contributed by atoms with E-state index in [-0.39, 0.29) is 5.78 Å². The number of halogens is 1. The van der Waals surface area contributed by atoms with Gasteiger partial charge in [0.1, 0.15) is 0 Å². The fourth-order valence-corrected chi connectivity index (χ4v) is 3.63. The molecule has 0 atom stereocenters. The van der Waals surface area contributed by atoms with Crippen LogP contribution in [0.25, 0.3) is 0 Å². The van der Waals surface area contributed by atoms with Crippen molar-refractivity contribution in [2.45, 2.75) is 0 Å². The van der Waals surface area contributed by atoms with Crippen LogP contribution in [0.5, 0.6) is 0 Å². The zero-order valence-electron chi connectivity index (χ0n) is 15.1. The molecule has 0 unspecified atom stereocenters. The van der Waals surface area contributed by atoms with Gasteiger partial charge in [-0.3, -0.25) is 4.79 Å². The molecule has 0 spiro atoms. The highest BCUT2D eigenvalue weighted by Gasteiger charge is 2.15. The van der Waals surface area contributed by atoms with Gasteiger partial charge in [-0.25, -0.2) is 0 Å². The predicted octanol–water partition coefficient (Wildman–Crippen LogP) is 7.15. The van der Waals surface area contributed by atoms with Crippen molar-refractivity contribution in [3.63, 3.8) is 0 Å². The van der Waals surface area contributed by atoms with E-state index in [1.807, 2.05) is 84.9 Å². The zero-order valence-corrected chi connectivity index (χ0v) is 16.7. The molecule has 4 aromatic rings. The summed E-state index contributed by atoms with van der Waals surface area (Å²) in [7, 11) is 0. The third kappa shape index (κ3) is 3.75. The molecule has 0 saturated carbocycles. The summed E-state index contributed by atoms with van der Waals surface area (Å²) in [6.45, 7) is 0. The molecule has 0 radical (unpaired) electrons. The van der Waals surface area contributed by atoms with E-state index in [0.717, 1.165) is 21.5 Å². The van der Waals surface area contributed by atoms with Crippen LogP contribution in [0, 0.1) is 0 Å². The number of hydrogen-bond donors (Lipinski definition) is 0. The number of para-hydroxylation sites is 2. The minimum atomic E-state index is 0.00463. The Morgan fingerprint density at radius 1 is 0.571 bits per heavy atom. The van der Waals surface area contributed by atoms with Crippen LogP contribution < -0.4 is 4.90 Å². The molecule has 4 aromatic carbocycles. The van der Waals surface area contributed by atoms with Gasteiger partial charge in [0.15, 0.2) is 5.78 Å². The molecule has 0 aliphatic rings. The van der Waals surface area contributed by atoms with Crippen molar-refractivity contribution < 1.29 is 4.79 Å². The van der Waals surface area contributed by atoms with Crippen molar-refractivity contribution in [1.29, 1.82) is 0 Å². The van der Waals surface area contributed by atoms with E-state index in [0.29, 0.717) is 11.1 Å². The zero-order chi connectivity index (χ0) is 19.3. The van der Waals surface area contributed by atoms with Crippen molar-refractivity contribution in [1.82, 2.24) is 0 Å². The number of benzene rings is 4. The first-order chi connectivity index (χ1) is 13.7. The molecular formula is C25H18BrNO. The van der Waals surface area contributed by atoms with Gasteiger partial charge in [-0.05, 0) is 60.7 Å². The number of anilines is 3. The summed E-state index contributed by atoms with van der Waals surface area (Å²) in [5.41, 5.74) is 4.47. The average molecular weight is 428 g/mol. The maximum absolute atomic E-state index is 12.8. The second kappa shape index (κ2) is 8.24. The molecule has 28 heavy (non-hydrogen) atoms. The van der Waals surface area contributed by atoms with Crippen LogP contribution in [0.4, 0.5) is 17.1 Å². The first kappa shape index (κ1) is 18.2. The van der Waals surface area contributed by atoms with Crippen LogP contribution in [0.1, 0.15) is 15.9 Å². The van der Waals surface area contributed by atoms with Crippen molar-refractivity contribution >= 4 is 38.8 Å². The van der Waals surface area contributed by atoms with Crippen LogP contribution in [0.2, 0.25) is 0 Å². The van der Waals surface area contributed by atoms with Gasteiger partial charge in [-0.15, -0.1) is 0 Å². The molecule has 2 nitrogen and oxygen atoms in total. The first-order valence-corrected chi connectivity index (χ1v) is 9.83. The van der Waals surface area contributed by atoms with Gasteiger partial charge in [-0.2, -0.15) is 0 Å². The van der Waals surface area contributed by atoms with Gasteiger partial charge in [0.05, 0.1) is 0 Å². The molecule has 0 aliphatic carbocycles. The normalized spacial score (nSPS) is 10.5. The van der Waals surface area contributed by atoms with Crippen LogP contribution in [0.15, 0.2) is 114 Å². The third-order valence-corrected chi connectivity index (χ3v) is 5.23. The summed E-state index contributed by atoms with van der Waals surface area (Å²) in [5, 5.41) is 0. The Hall–Kier alpha value is -3.17. The van der Waals surface area contributed by atoms with E-state index in [1.165, 1.54) is 0 Å². The van der Waals surface area contributed by atoms with E-state index in [1.54, 1.807) is 0 Å². The van der Waals surface area contributed by atoms with E-state index in [9.17, 15) is 4.79 Å². The first-order valence-electron chi connectivity index (χ1n) is 9.03. The topological polar surface area (TPSA) is 20.3 Å². The Bertz CT molecular complexity index is 1040. The molecule has 4 rings (SSSR count). The second-order valence-corrected chi connectivity index (χ2v) is 7.22. The standard InChI is InChI=1S/C25H18BrNO/c26-24-14-8-7-13-23(24)25(28)19-15-17-22(18-16-19)27(20-9-3-1-4-10-20)21-11-5-2-6-12-21/h1-18H. The largest absolute Gasteiger partial charge is 0.311 e. The molecule has 0 N–H and O–H groups in total. The Labute approximate surface area is 173 Å². The Morgan fingerprint density at radius 3 is 1.57 bits per heavy atom. The SMILES string of the molecule is O=C(c1ccc(N(c2ccccc2)c2ccccc2)cc1)c1ccccc1Br. The summed E-state index contributed by atoms with van der Waals surface area (Å²) < 4.78 is 0.805. The number of rotatable bonds is 5. The molecular weight excluding hydrogens is 410 g/mol. The summed E-state index contributed by atoms with van der Waals surface area (Å²) in [4.78, 5) is 15.0. The Balaban J connectivity index is 1.71. The van der Waals surface area contributed by atoms with Crippen LogP contribution in [-0.4, -0.2) is 5.78 Å². The summed E-state index contributed by atoms with van der Waals surface area (Å²) in [5.74, 6) is 0.00463. The lowest BCUT2D eigenvalue weighted by molar-refractivity contribution is 0.103. The number of hydrogen-bond acceptors (Lipinski definition) is 2. The van der Waals surface area contributed by atoms with Gasteiger partial charge in [0, 0.05) is 32.7 Å². The molecule has 0 bridgehead atoms. The molecule has 0 fully saturated rings. The Morgan fingerprint density at radius 2 is 1.04 bits per heavy atom. The van der Waals surface area contributed by atoms with Gasteiger partial charge in [0.2, 0.25) is 0 Å². The maximum Gasteiger partial charge on any atom is 0.194 e. The third-order valence-electron chi connectivity index (χ3n) is 4.53. The monoisotopic (exact) mass is 427 g/mol. The quantitative estimate of drug-likeness (QED) is 0.315. The lowest BCUT2D eigenvalue weighted by Gasteiger charge is -2.25. The number of nitrogens with zero attached hydrogens (tertiary/aromatic N) is 1. The van der Waals surface area contributed by atoms with E-state index >= 15 is 0 Å². The van der Waals surface area contributed by atoms with E-state index < -0.39 is 0 Å². The molecule has 0 amide bonds. The van der Waals surface area contributed by atoms with E-state index in [4.69, 9.17) is 0 Å². The minimum absolute atomic E-state index is 0.00463. The minimum Gasteiger partial charge on any atom is -0.311 e. The lowest BCUT2D eigenvalue weighted by atomic mass is 10.0. The van der Waals surface area contributed by atoms with Crippen LogP contribution in [-0.2, 0) is 0 Å². The average Bonchev–Trinajstić information content (AvgIpc) is 2.76. The van der Waals surface area contributed by atoms with Crippen molar-refractivity contribution in [3.8, 4) is 0 Å². The summed E-state index contributed by atoms with van der Waals surface area (Å²) in [6, 6.07) is 35.7. The predicted molar refractivity (Wildman–Crippen MR) is 119 cm³/mol. The Kier molecular flexibility index (Phi) is 5.36. The fraction of sp³-hybridized carbons (Fsp3) is 0. The highest BCUT2D eigenvalue weighted by molar-refractivity contribution is 9.10. The molecule has 0 aromatic heterocycles. The molecule has 0 aliphatic heterocycles. The van der Waals surface area contributed by atoms with Crippen LogP contribution >= 0.6 is 15.9 Å². The van der Waals surface area contributed by atoms with Gasteiger partial charge >= 0.3 is 0 Å². The maximum atomic E-state index is 12.8. The number of carbonyl (C=O) groups is 1. The lowest BCUT2D eigenvalue weighted by Crippen LogP contribution is -2.10. The second-order valence-electron chi connectivity index (χ2n) is 6.36. The van der Waals surface area contributed by atoms with Crippen molar-refractivity contribution in [2.24, 2.45) is 0 Å². The van der Waals surface area contributed by atoms with Gasteiger partial charge in [0.25, 0.3) is 0 Å². The summed E-state index contributed by atoms with van der Waals surface area (Å²) >= 11 is 3.46. The van der Waals surface area contributed by atoms with Crippen molar-refractivity contribution in [3.05, 3.63) is 125 Å². The molecule has 136 valence electrons. The number of carbonyl (C=O) groups excluding carboxylic acids is 1. The highest BCUT2D eigenvalue weighted by atomic mass is 79.9. The van der Waals surface area contributed by atoms with E-state index in [2.05, 4.69) is 45.1 Å². The highest BCUT2D eigenvalue weighted by Crippen LogP contribution is 2.34. The summed E-state index contributed by atoms with van der Waals surface area (Å²) in [6.07, 6.45) is 0. The van der Waals surface area contributed by atoms with Crippen LogP contribution in [0.3, 0.4) is 0 Å². The smallest absolute Gasteiger partial charge is 0.194 e. The van der Waals surface area contributed by atoms with Crippen molar-refractivity contribution in [2.75, 3.05) is 4.90 Å². The fourth-order valence-electron chi connectivity index (χ4n) is 3.16.